The van der Waals surface area contributed by atoms with Gasteiger partial charge in [0.25, 0.3) is 0 Å². The van der Waals surface area contributed by atoms with Gasteiger partial charge in [-0.1, -0.05) is 18.5 Å². The van der Waals surface area contributed by atoms with E-state index in [0.717, 1.165) is 62.0 Å². The van der Waals surface area contributed by atoms with Crippen LogP contribution in [0.4, 0.5) is 5.82 Å². The zero-order chi connectivity index (χ0) is 14.4. The van der Waals surface area contributed by atoms with Gasteiger partial charge in [0.15, 0.2) is 0 Å². The SMILES string of the molecule is CCNCc1cnc(N2CCCC(OCC)C2)c(Cl)c1. The Hall–Kier alpha value is -0.840. The van der Waals surface area contributed by atoms with E-state index in [-0.39, 0.29) is 0 Å². The lowest BCUT2D eigenvalue weighted by molar-refractivity contribution is 0.0525. The fourth-order valence-corrected chi connectivity index (χ4v) is 2.88. The van der Waals surface area contributed by atoms with Crippen molar-refractivity contribution in [3.8, 4) is 0 Å². The van der Waals surface area contributed by atoms with Gasteiger partial charge in [-0.25, -0.2) is 4.98 Å². The highest BCUT2D eigenvalue weighted by Gasteiger charge is 2.22. The third-order valence-electron chi connectivity index (χ3n) is 3.54. The minimum Gasteiger partial charge on any atom is -0.377 e. The van der Waals surface area contributed by atoms with Gasteiger partial charge in [-0.3, -0.25) is 0 Å². The standard InChI is InChI=1S/C15H24ClN3O/c1-3-17-9-12-8-14(16)15(18-10-12)19-7-5-6-13(11-19)20-4-2/h8,10,13,17H,3-7,9,11H2,1-2H3. The van der Waals surface area contributed by atoms with Crippen LogP contribution < -0.4 is 10.2 Å². The number of nitrogens with zero attached hydrogens (tertiary/aromatic N) is 2. The lowest BCUT2D eigenvalue weighted by atomic mass is 10.1. The first-order valence-electron chi connectivity index (χ1n) is 7.46. The van der Waals surface area contributed by atoms with Crippen molar-refractivity contribution in [2.24, 2.45) is 0 Å². The summed E-state index contributed by atoms with van der Waals surface area (Å²) in [6.07, 6.45) is 4.46. The zero-order valence-corrected chi connectivity index (χ0v) is 13.1. The lowest BCUT2D eigenvalue weighted by Crippen LogP contribution is -2.40. The smallest absolute Gasteiger partial charge is 0.147 e. The maximum absolute atomic E-state index is 6.39. The highest BCUT2D eigenvalue weighted by atomic mass is 35.5. The molecule has 1 saturated heterocycles. The predicted octanol–water partition coefficient (Wildman–Crippen LogP) is 2.85. The third kappa shape index (κ3) is 4.08. The van der Waals surface area contributed by atoms with Crippen LogP contribution in [0.3, 0.4) is 0 Å². The molecule has 0 radical (unpaired) electrons. The molecule has 5 heteroatoms. The van der Waals surface area contributed by atoms with Crippen molar-refractivity contribution < 1.29 is 4.74 Å². The Kier molecular flexibility index (Phi) is 6.07. The first-order valence-corrected chi connectivity index (χ1v) is 7.84. The molecule has 1 aliphatic rings. The van der Waals surface area contributed by atoms with E-state index >= 15 is 0 Å². The number of piperidine rings is 1. The first kappa shape index (κ1) is 15.5. The van der Waals surface area contributed by atoms with E-state index in [1.165, 1.54) is 0 Å². The molecular formula is C15H24ClN3O. The van der Waals surface area contributed by atoms with Crippen LogP contribution in [0.5, 0.6) is 0 Å². The summed E-state index contributed by atoms with van der Waals surface area (Å²) in [5.41, 5.74) is 1.12. The Morgan fingerprint density at radius 1 is 1.50 bits per heavy atom. The molecule has 20 heavy (non-hydrogen) atoms. The monoisotopic (exact) mass is 297 g/mol. The molecule has 2 heterocycles. The molecule has 1 N–H and O–H groups in total. The Balaban J connectivity index is 2.04. The summed E-state index contributed by atoms with van der Waals surface area (Å²) in [6, 6.07) is 2.01. The molecule has 1 unspecified atom stereocenters. The van der Waals surface area contributed by atoms with Gasteiger partial charge in [-0.15, -0.1) is 0 Å². The van der Waals surface area contributed by atoms with Gasteiger partial charge in [0.1, 0.15) is 5.82 Å². The second-order valence-electron chi connectivity index (χ2n) is 5.09. The van der Waals surface area contributed by atoms with Crippen LogP contribution in [-0.4, -0.2) is 37.3 Å². The topological polar surface area (TPSA) is 37.4 Å². The molecule has 1 aromatic heterocycles. The number of nitrogens with one attached hydrogen (secondary N) is 1. The Morgan fingerprint density at radius 3 is 3.05 bits per heavy atom. The van der Waals surface area contributed by atoms with Crippen molar-refractivity contribution >= 4 is 17.4 Å². The number of hydrogen-bond donors (Lipinski definition) is 1. The van der Waals surface area contributed by atoms with Crippen LogP contribution in [0.1, 0.15) is 32.3 Å². The van der Waals surface area contributed by atoms with Crippen LogP contribution in [0.15, 0.2) is 12.3 Å². The highest BCUT2D eigenvalue weighted by molar-refractivity contribution is 6.33. The number of hydrogen-bond acceptors (Lipinski definition) is 4. The molecule has 112 valence electrons. The maximum Gasteiger partial charge on any atom is 0.147 e. The van der Waals surface area contributed by atoms with Crippen molar-refractivity contribution in [1.29, 1.82) is 0 Å². The normalized spacial score (nSPS) is 19.4. The van der Waals surface area contributed by atoms with Crippen LogP contribution >= 0.6 is 11.6 Å². The van der Waals surface area contributed by atoms with Crippen molar-refractivity contribution in [3.63, 3.8) is 0 Å². The highest BCUT2D eigenvalue weighted by Crippen LogP contribution is 2.27. The minimum absolute atomic E-state index is 0.299. The molecule has 0 saturated carbocycles. The van der Waals surface area contributed by atoms with Crippen LogP contribution in [-0.2, 0) is 11.3 Å². The van der Waals surface area contributed by atoms with Gasteiger partial charge in [0.05, 0.1) is 11.1 Å². The summed E-state index contributed by atoms with van der Waals surface area (Å²) in [4.78, 5) is 6.79. The molecular weight excluding hydrogens is 274 g/mol. The fraction of sp³-hybridized carbons (Fsp3) is 0.667. The number of rotatable bonds is 6. The van der Waals surface area contributed by atoms with Crippen molar-refractivity contribution in [1.82, 2.24) is 10.3 Å². The molecule has 1 aromatic rings. The molecule has 4 nitrogen and oxygen atoms in total. The Morgan fingerprint density at radius 2 is 2.35 bits per heavy atom. The summed E-state index contributed by atoms with van der Waals surface area (Å²) in [6.45, 7) is 8.54. The number of aromatic nitrogens is 1. The minimum atomic E-state index is 0.299. The Bertz CT molecular complexity index is 426. The Labute approximate surface area is 126 Å². The molecule has 1 aliphatic heterocycles. The maximum atomic E-state index is 6.39. The second-order valence-corrected chi connectivity index (χ2v) is 5.50. The quantitative estimate of drug-likeness (QED) is 0.876. The van der Waals surface area contributed by atoms with Gasteiger partial charge < -0.3 is 15.0 Å². The predicted molar refractivity (Wildman–Crippen MR) is 83.5 cm³/mol. The van der Waals surface area contributed by atoms with Gasteiger partial charge >= 0.3 is 0 Å². The average Bonchev–Trinajstić information content (AvgIpc) is 2.46. The van der Waals surface area contributed by atoms with E-state index in [4.69, 9.17) is 16.3 Å². The van der Waals surface area contributed by atoms with Crippen LogP contribution in [0, 0.1) is 0 Å². The van der Waals surface area contributed by atoms with E-state index in [1.807, 2.05) is 19.2 Å². The van der Waals surface area contributed by atoms with Gasteiger partial charge in [0, 0.05) is 32.4 Å². The number of pyridine rings is 1. The molecule has 1 fully saturated rings. The largest absolute Gasteiger partial charge is 0.377 e. The first-order chi connectivity index (χ1) is 9.74. The van der Waals surface area contributed by atoms with Crippen LogP contribution in [0.2, 0.25) is 5.02 Å². The summed E-state index contributed by atoms with van der Waals surface area (Å²) in [5.74, 6) is 0.885. The molecule has 0 bridgehead atoms. The van der Waals surface area contributed by atoms with E-state index in [1.54, 1.807) is 0 Å². The molecule has 0 spiro atoms. The number of halogens is 1. The molecule has 1 atom stereocenters. The van der Waals surface area contributed by atoms with E-state index < -0.39 is 0 Å². The van der Waals surface area contributed by atoms with Crippen molar-refractivity contribution in [3.05, 3.63) is 22.8 Å². The molecule has 0 amide bonds. The van der Waals surface area contributed by atoms with Crippen LogP contribution in [0.25, 0.3) is 0 Å². The number of ether oxygens (including phenoxy) is 1. The van der Waals surface area contributed by atoms with E-state index in [2.05, 4.69) is 22.1 Å². The van der Waals surface area contributed by atoms with Crippen molar-refractivity contribution in [2.75, 3.05) is 31.1 Å². The number of anilines is 1. The fourth-order valence-electron chi connectivity index (χ4n) is 2.57. The summed E-state index contributed by atoms with van der Waals surface area (Å²) in [5, 5.41) is 4.02. The van der Waals surface area contributed by atoms with E-state index in [0.29, 0.717) is 6.10 Å². The molecule has 2 rings (SSSR count). The zero-order valence-electron chi connectivity index (χ0n) is 12.4. The van der Waals surface area contributed by atoms with Gasteiger partial charge in [-0.05, 0) is 37.9 Å². The summed E-state index contributed by atoms with van der Waals surface area (Å²) in [7, 11) is 0. The third-order valence-corrected chi connectivity index (χ3v) is 3.82. The van der Waals surface area contributed by atoms with E-state index in [9.17, 15) is 0 Å². The average molecular weight is 298 g/mol. The van der Waals surface area contributed by atoms with Gasteiger partial charge in [0.2, 0.25) is 0 Å². The lowest BCUT2D eigenvalue weighted by Gasteiger charge is -2.33. The van der Waals surface area contributed by atoms with Crippen molar-refractivity contribution in [2.45, 2.75) is 39.3 Å². The summed E-state index contributed by atoms with van der Waals surface area (Å²) >= 11 is 6.39. The molecule has 0 aromatic carbocycles. The van der Waals surface area contributed by atoms with Gasteiger partial charge in [-0.2, -0.15) is 0 Å². The summed E-state index contributed by atoms with van der Waals surface area (Å²) < 4.78 is 5.73. The second kappa shape index (κ2) is 7.81. The molecule has 0 aliphatic carbocycles.